The highest BCUT2D eigenvalue weighted by atomic mass is 79.9. The second-order valence-electron chi connectivity index (χ2n) is 4.09. The van der Waals surface area contributed by atoms with E-state index in [0.29, 0.717) is 10.0 Å². The van der Waals surface area contributed by atoms with Crippen LogP contribution >= 0.6 is 15.9 Å². The molecule has 1 aromatic carbocycles. The smallest absolute Gasteiger partial charge is 0.251 e. The summed E-state index contributed by atoms with van der Waals surface area (Å²) in [4.78, 5) is 11.8. The largest absolute Gasteiger partial charge is 0.507 e. The molecule has 0 saturated heterocycles. The summed E-state index contributed by atoms with van der Waals surface area (Å²) in [6.45, 7) is 3.70. The molecule has 3 N–H and O–H groups in total. The van der Waals surface area contributed by atoms with E-state index in [1.807, 2.05) is 13.8 Å². The van der Waals surface area contributed by atoms with Gasteiger partial charge in [0.15, 0.2) is 0 Å². The van der Waals surface area contributed by atoms with Gasteiger partial charge in [0.1, 0.15) is 5.75 Å². The summed E-state index contributed by atoms with van der Waals surface area (Å²) < 4.78 is 0.547. The molecule has 0 bridgehead atoms. The second-order valence-corrected chi connectivity index (χ2v) is 4.94. The number of carbonyl (C=O) groups is 1. The fourth-order valence-electron chi connectivity index (χ4n) is 1.24. The highest BCUT2D eigenvalue weighted by molar-refractivity contribution is 9.10. The van der Waals surface area contributed by atoms with Crippen molar-refractivity contribution in [3.63, 3.8) is 0 Å². The van der Waals surface area contributed by atoms with E-state index in [1.165, 1.54) is 6.07 Å². The first kappa shape index (κ1) is 14.0. The number of nitrogens with one attached hydrogen (secondary N) is 1. The van der Waals surface area contributed by atoms with Crippen molar-refractivity contribution < 1.29 is 15.0 Å². The summed E-state index contributed by atoms with van der Waals surface area (Å²) in [5, 5.41) is 21.2. The molecule has 0 saturated carbocycles. The van der Waals surface area contributed by atoms with E-state index in [9.17, 15) is 9.90 Å². The number of halogens is 1. The Morgan fingerprint density at radius 3 is 2.65 bits per heavy atom. The van der Waals surface area contributed by atoms with Crippen LogP contribution in [0.4, 0.5) is 0 Å². The lowest BCUT2D eigenvalue weighted by molar-refractivity contribution is 0.0916. The maximum absolute atomic E-state index is 11.8. The SMILES string of the molecule is CC(CO)C(C)NC(=O)c1ccc(Br)c(O)c1. The lowest BCUT2D eigenvalue weighted by atomic mass is 10.0. The first-order chi connectivity index (χ1) is 7.95. The van der Waals surface area contributed by atoms with Crippen LogP contribution in [-0.4, -0.2) is 28.8 Å². The van der Waals surface area contributed by atoms with Crippen LogP contribution in [0.15, 0.2) is 22.7 Å². The summed E-state index contributed by atoms with van der Waals surface area (Å²) in [6, 6.07) is 4.51. The number of carbonyl (C=O) groups excluding carboxylic acids is 1. The van der Waals surface area contributed by atoms with Gasteiger partial charge >= 0.3 is 0 Å². The van der Waals surface area contributed by atoms with Gasteiger partial charge in [0.2, 0.25) is 0 Å². The van der Waals surface area contributed by atoms with Crippen molar-refractivity contribution >= 4 is 21.8 Å². The minimum atomic E-state index is -0.263. The van der Waals surface area contributed by atoms with E-state index < -0.39 is 0 Å². The molecule has 0 heterocycles. The maximum atomic E-state index is 11.8. The summed E-state index contributed by atoms with van der Waals surface area (Å²) in [5.41, 5.74) is 0.391. The van der Waals surface area contributed by atoms with Crippen molar-refractivity contribution in [2.24, 2.45) is 5.92 Å². The number of aliphatic hydroxyl groups excluding tert-OH is 1. The molecule has 2 atom stereocenters. The van der Waals surface area contributed by atoms with Crippen molar-refractivity contribution in [2.45, 2.75) is 19.9 Å². The fraction of sp³-hybridized carbons (Fsp3) is 0.417. The molecule has 0 aliphatic rings. The minimum Gasteiger partial charge on any atom is -0.507 e. The molecule has 4 nitrogen and oxygen atoms in total. The molecule has 1 amide bonds. The van der Waals surface area contributed by atoms with Crippen molar-refractivity contribution in [3.05, 3.63) is 28.2 Å². The highest BCUT2D eigenvalue weighted by Gasteiger charge is 2.15. The summed E-state index contributed by atoms with van der Waals surface area (Å²) in [7, 11) is 0. The van der Waals surface area contributed by atoms with Gasteiger partial charge in [-0.15, -0.1) is 0 Å². The van der Waals surface area contributed by atoms with Gasteiger partial charge in [-0.25, -0.2) is 0 Å². The molecule has 0 aliphatic heterocycles. The maximum Gasteiger partial charge on any atom is 0.251 e. The van der Waals surface area contributed by atoms with Crippen LogP contribution < -0.4 is 5.32 Å². The van der Waals surface area contributed by atoms with Gasteiger partial charge in [0.25, 0.3) is 5.91 Å². The molecule has 94 valence electrons. The van der Waals surface area contributed by atoms with Crippen LogP contribution in [0.25, 0.3) is 0 Å². The molecule has 1 rings (SSSR count). The third kappa shape index (κ3) is 3.71. The monoisotopic (exact) mass is 301 g/mol. The first-order valence-electron chi connectivity index (χ1n) is 5.36. The molecule has 17 heavy (non-hydrogen) atoms. The Morgan fingerprint density at radius 2 is 2.12 bits per heavy atom. The van der Waals surface area contributed by atoms with Crippen molar-refractivity contribution in [3.8, 4) is 5.75 Å². The molecular formula is C12H16BrNO3. The average Bonchev–Trinajstić information content (AvgIpc) is 2.31. The van der Waals surface area contributed by atoms with Crippen LogP contribution in [0.3, 0.4) is 0 Å². The Morgan fingerprint density at radius 1 is 1.47 bits per heavy atom. The molecule has 0 aromatic heterocycles. The lowest BCUT2D eigenvalue weighted by Crippen LogP contribution is -2.38. The third-order valence-corrected chi connectivity index (χ3v) is 3.38. The van der Waals surface area contributed by atoms with Gasteiger partial charge in [-0.2, -0.15) is 0 Å². The van der Waals surface area contributed by atoms with Crippen LogP contribution in [-0.2, 0) is 0 Å². The molecule has 2 unspecified atom stereocenters. The summed E-state index contributed by atoms with van der Waals surface area (Å²) in [6.07, 6.45) is 0. The number of aromatic hydroxyl groups is 1. The Balaban J connectivity index is 2.73. The highest BCUT2D eigenvalue weighted by Crippen LogP contribution is 2.24. The quantitative estimate of drug-likeness (QED) is 0.795. The van der Waals surface area contributed by atoms with E-state index in [4.69, 9.17) is 5.11 Å². The number of amides is 1. The van der Waals surface area contributed by atoms with Crippen molar-refractivity contribution in [1.29, 1.82) is 0 Å². The Bertz CT molecular complexity index is 409. The predicted octanol–water partition coefficient (Wildman–Crippen LogP) is 1.90. The van der Waals surface area contributed by atoms with E-state index in [1.54, 1.807) is 12.1 Å². The number of phenolic OH excluding ortho intramolecular Hbond substituents is 1. The van der Waals surface area contributed by atoms with Crippen LogP contribution in [0.5, 0.6) is 5.75 Å². The minimum absolute atomic E-state index is 0.0111. The average molecular weight is 302 g/mol. The molecule has 0 radical (unpaired) electrons. The van der Waals surface area contributed by atoms with Gasteiger partial charge in [-0.1, -0.05) is 6.92 Å². The zero-order valence-corrected chi connectivity index (χ0v) is 11.4. The Hall–Kier alpha value is -1.07. The summed E-state index contributed by atoms with van der Waals surface area (Å²) >= 11 is 3.15. The zero-order valence-electron chi connectivity index (χ0n) is 9.77. The number of aliphatic hydroxyl groups is 1. The Kier molecular flexibility index (Phi) is 4.96. The lowest BCUT2D eigenvalue weighted by Gasteiger charge is -2.19. The normalized spacial score (nSPS) is 14.1. The molecule has 5 heteroatoms. The van der Waals surface area contributed by atoms with Crippen LogP contribution in [0.1, 0.15) is 24.2 Å². The van der Waals surface area contributed by atoms with E-state index in [0.717, 1.165) is 0 Å². The van der Waals surface area contributed by atoms with E-state index in [-0.39, 0.29) is 30.2 Å². The van der Waals surface area contributed by atoms with Gasteiger partial charge in [0.05, 0.1) is 4.47 Å². The number of phenols is 1. The topological polar surface area (TPSA) is 69.6 Å². The molecule has 0 fully saturated rings. The number of rotatable bonds is 4. The van der Waals surface area contributed by atoms with Crippen molar-refractivity contribution in [1.82, 2.24) is 5.32 Å². The van der Waals surface area contributed by atoms with Gasteiger partial charge in [-0.05, 0) is 47.0 Å². The Labute approximate surface area is 109 Å². The van der Waals surface area contributed by atoms with Crippen molar-refractivity contribution in [2.75, 3.05) is 6.61 Å². The molecular weight excluding hydrogens is 286 g/mol. The van der Waals surface area contributed by atoms with Crippen LogP contribution in [0.2, 0.25) is 0 Å². The van der Waals surface area contributed by atoms with E-state index >= 15 is 0 Å². The number of hydrogen-bond acceptors (Lipinski definition) is 3. The van der Waals surface area contributed by atoms with E-state index in [2.05, 4.69) is 21.2 Å². The van der Waals surface area contributed by atoms with Gasteiger partial charge in [0, 0.05) is 18.2 Å². The first-order valence-corrected chi connectivity index (χ1v) is 6.15. The third-order valence-electron chi connectivity index (χ3n) is 2.71. The van der Waals surface area contributed by atoms with Gasteiger partial charge < -0.3 is 15.5 Å². The molecule has 0 spiro atoms. The van der Waals surface area contributed by atoms with Crippen LogP contribution in [0, 0.1) is 5.92 Å². The standard InChI is InChI=1S/C12H16BrNO3/c1-7(6-15)8(2)14-12(17)9-3-4-10(13)11(16)5-9/h3-5,7-8,15-16H,6H2,1-2H3,(H,14,17). The predicted molar refractivity (Wildman–Crippen MR) is 69.0 cm³/mol. The summed E-state index contributed by atoms with van der Waals surface area (Å²) in [5.74, 6) is -0.246. The number of hydrogen-bond donors (Lipinski definition) is 3. The second kappa shape index (κ2) is 6.02. The number of benzene rings is 1. The van der Waals surface area contributed by atoms with Gasteiger partial charge in [-0.3, -0.25) is 4.79 Å². The molecule has 1 aromatic rings. The fourth-order valence-corrected chi connectivity index (χ4v) is 1.49. The molecule has 0 aliphatic carbocycles. The zero-order chi connectivity index (χ0) is 13.0.